The quantitative estimate of drug-likeness (QED) is 0.724. The number of aliphatic carboxylic acids is 1. The minimum atomic E-state index is -0.851. The highest BCUT2D eigenvalue weighted by atomic mass is 16.5. The van der Waals surface area contributed by atoms with Gasteiger partial charge in [0.05, 0.1) is 18.3 Å². The van der Waals surface area contributed by atoms with Crippen molar-refractivity contribution in [3.05, 3.63) is 54.6 Å². The molecule has 3 aromatic rings. The number of benzene rings is 2. The molecule has 0 aliphatic carbocycles. The van der Waals surface area contributed by atoms with Crippen molar-refractivity contribution in [1.82, 2.24) is 10.3 Å². The molecule has 138 valence electrons. The summed E-state index contributed by atoms with van der Waals surface area (Å²) in [6, 6.07) is 16.9. The van der Waals surface area contributed by atoms with E-state index in [1.165, 1.54) is 0 Å². The largest absolute Gasteiger partial charge is 0.497 e. The Balaban J connectivity index is 1.74. The number of carboxylic acids is 1. The molecule has 2 N–H and O–H groups in total. The predicted molar refractivity (Wildman–Crippen MR) is 102 cm³/mol. The number of aromatic nitrogens is 1. The van der Waals surface area contributed by atoms with Crippen LogP contribution in [-0.4, -0.2) is 41.9 Å². The molecular formula is C21H20N2O4. The average molecular weight is 364 g/mol. The molecule has 1 unspecified atom stereocenters. The molecule has 0 saturated carbocycles. The molecule has 27 heavy (non-hydrogen) atoms. The summed E-state index contributed by atoms with van der Waals surface area (Å²) in [6.07, 6.45) is 0.220. The van der Waals surface area contributed by atoms with Gasteiger partial charge in [-0.2, -0.15) is 0 Å². The number of carboxylic acid groups (broad SMARTS) is 1. The zero-order valence-electron chi connectivity index (χ0n) is 14.9. The molecule has 0 spiro atoms. The first-order valence-corrected chi connectivity index (χ1v) is 8.81. The molecule has 2 aromatic carbocycles. The first-order chi connectivity index (χ1) is 13.1. The minimum absolute atomic E-state index is 0.206. The third kappa shape index (κ3) is 3.57. The summed E-state index contributed by atoms with van der Waals surface area (Å²) < 4.78 is 11.5. The maximum Gasteiger partial charge on any atom is 0.320 e. The minimum Gasteiger partial charge on any atom is -0.497 e. The van der Waals surface area contributed by atoms with Gasteiger partial charge in [-0.05, 0) is 12.1 Å². The van der Waals surface area contributed by atoms with Crippen molar-refractivity contribution in [1.29, 1.82) is 0 Å². The Morgan fingerprint density at radius 2 is 2.00 bits per heavy atom. The first kappa shape index (κ1) is 17.3. The number of ether oxygens (including phenoxy) is 2. The third-order valence-corrected chi connectivity index (χ3v) is 4.73. The molecule has 6 nitrogen and oxygen atoms in total. The molecule has 1 aliphatic rings. The van der Waals surface area contributed by atoms with Gasteiger partial charge in [-0.15, -0.1) is 0 Å². The highest BCUT2D eigenvalue weighted by Crippen LogP contribution is 2.33. The fourth-order valence-corrected chi connectivity index (χ4v) is 3.32. The number of hydrogen-bond donors (Lipinski definition) is 2. The van der Waals surface area contributed by atoms with E-state index >= 15 is 0 Å². The first-order valence-electron chi connectivity index (χ1n) is 8.81. The zero-order chi connectivity index (χ0) is 18.8. The number of nitrogens with one attached hydrogen (secondary N) is 1. The van der Waals surface area contributed by atoms with Crippen molar-refractivity contribution in [2.75, 3.05) is 13.7 Å². The lowest BCUT2D eigenvalue weighted by Gasteiger charge is -2.16. The van der Waals surface area contributed by atoms with E-state index in [-0.39, 0.29) is 6.10 Å². The number of methoxy groups -OCH3 is 1. The Morgan fingerprint density at radius 1 is 1.19 bits per heavy atom. The fraction of sp³-hybridized carbons (Fsp3) is 0.238. The Bertz CT molecular complexity index is 975. The smallest absolute Gasteiger partial charge is 0.320 e. The van der Waals surface area contributed by atoms with Gasteiger partial charge in [0.1, 0.15) is 23.6 Å². The number of rotatable bonds is 5. The van der Waals surface area contributed by atoms with E-state index in [9.17, 15) is 9.90 Å². The number of fused-ring (bicyclic) bond motifs is 1. The molecule has 0 amide bonds. The standard InChI is InChI=1S/C21H20N2O4/c1-26-14-7-8-16-18(9-14)23-17(13-5-3-2-4-6-13)11-20(16)27-15-10-19(21(24)25)22-12-15/h2-9,11,15,19,22H,10,12H2,1H3,(H,24,25)/t15?,19-/m1/s1. The molecular weight excluding hydrogens is 344 g/mol. The van der Waals surface area contributed by atoms with Gasteiger partial charge in [-0.3, -0.25) is 4.79 Å². The third-order valence-electron chi connectivity index (χ3n) is 4.73. The summed E-state index contributed by atoms with van der Waals surface area (Å²) in [5.74, 6) is 0.564. The van der Waals surface area contributed by atoms with Gasteiger partial charge >= 0.3 is 5.97 Å². The molecule has 1 aromatic heterocycles. The molecule has 0 radical (unpaired) electrons. The van der Waals surface area contributed by atoms with Crippen LogP contribution in [0.15, 0.2) is 54.6 Å². The van der Waals surface area contributed by atoms with Gasteiger partial charge in [0.2, 0.25) is 0 Å². The van der Waals surface area contributed by atoms with E-state index in [1.807, 2.05) is 54.6 Å². The van der Waals surface area contributed by atoms with Gasteiger partial charge in [-0.1, -0.05) is 30.3 Å². The van der Waals surface area contributed by atoms with Crippen LogP contribution in [0, 0.1) is 0 Å². The summed E-state index contributed by atoms with van der Waals surface area (Å²) in [5.41, 5.74) is 2.55. The van der Waals surface area contributed by atoms with Crippen molar-refractivity contribution in [2.24, 2.45) is 0 Å². The Labute approximate surface area is 156 Å². The van der Waals surface area contributed by atoms with E-state index < -0.39 is 12.0 Å². The van der Waals surface area contributed by atoms with E-state index in [0.29, 0.717) is 18.7 Å². The fourth-order valence-electron chi connectivity index (χ4n) is 3.32. The van der Waals surface area contributed by atoms with Crippen LogP contribution in [0.5, 0.6) is 11.5 Å². The van der Waals surface area contributed by atoms with Crippen LogP contribution in [0.25, 0.3) is 22.2 Å². The Morgan fingerprint density at radius 3 is 2.70 bits per heavy atom. The van der Waals surface area contributed by atoms with Crippen LogP contribution < -0.4 is 14.8 Å². The van der Waals surface area contributed by atoms with Crippen molar-refractivity contribution >= 4 is 16.9 Å². The summed E-state index contributed by atoms with van der Waals surface area (Å²) >= 11 is 0. The second-order valence-corrected chi connectivity index (χ2v) is 6.53. The molecule has 1 saturated heterocycles. The molecule has 2 heterocycles. The summed E-state index contributed by atoms with van der Waals surface area (Å²) in [6.45, 7) is 0.498. The van der Waals surface area contributed by atoms with Crippen LogP contribution in [0.4, 0.5) is 0 Å². The number of nitrogens with zero attached hydrogens (tertiary/aromatic N) is 1. The van der Waals surface area contributed by atoms with Crippen molar-refractivity contribution in [2.45, 2.75) is 18.6 Å². The van der Waals surface area contributed by atoms with E-state index in [1.54, 1.807) is 7.11 Å². The number of pyridine rings is 1. The average Bonchev–Trinajstić information content (AvgIpc) is 3.17. The lowest BCUT2D eigenvalue weighted by Crippen LogP contribution is -2.30. The van der Waals surface area contributed by atoms with Gasteiger partial charge in [-0.25, -0.2) is 4.98 Å². The van der Waals surface area contributed by atoms with Gasteiger partial charge in [0, 0.05) is 36.0 Å². The highest BCUT2D eigenvalue weighted by molar-refractivity contribution is 5.89. The molecule has 1 fully saturated rings. The number of hydrogen-bond acceptors (Lipinski definition) is 5. The highest BCUT2D eigenvalue weighted by Gasteiger charge is 2.30. The summed E-state index contributed by atoms with van der Waals surface area (Å²) in [4.78, 5) is 15.9. The van der Waals surface area contributed by atoms with Crippen molar-refractivity contribution < 1.29 is 19.4 Å². The van der Waals surface area contributed by atoms with E-state index in [2.05, 4.69) is 5.32 Å². The number of carbonyl (C=O) groups is 1. The van der Waals surface area contributed by atoms with Gasteiger partial charge in [0.15, 0.2) is 0 Å². The lowest BCUT2D eigenvalue weighted by atomic mass is 10.1. The van der Waals surface area contributed by atoms with Crippen LogP contribution in [0.1, 0.15) is 6.42 Å². The monoisotopic (exact) mass is 364 g/mol. The van der Waals surface area contributed by atoms with E-state index in [0.717, 1.165) is 27.9 Å². The van der Waals surface area contributed by atoms with Crippen LogP contribution in [-0.2, 0) is 4.79 Å². The van der Waals surface area contributed by atoms with Crippen LogP contribution in [0.3, 0.4) is 0 Å². The van der Waals surface area contributed by atoms with Gasteiger partial charge < -0.3 is 19.9 Å². The summed E-state index contributed by atoms with van der Waals surface area (Å²) in [7, 11) is 1.62. The van der Waals surface area contributed by atoms with Crippen LogP contribution in [0.2, 0.25) is 0 Å². The predicted octanol–water partition coefficient (Wildman–Crippen LogP) is 3.10. The Hall–Kier alpha value is -3.12. The second kappa shape index (κ2) is 7.25. The molecule has 4 rings (SSSR count). The van der Waals surface area contributed by atoms with E-state index in [4.69, 9.17) is 14.5 Å². The maximum absolute atomic E-state index is 11.2. The molecule has 6 heteroatoms. The summed E-state index contributed by atoms with van der Waals surface area (Å²) in [5, 5.41) is 13.0. The normalized spacial score (nSPS) is 19.1. The maximum atomic E-state index is 11.2. The SMILES string of the molecule is COc1ccc2c(OC3CN[C@@H](C(=O)O)C3)cc(-c3ccccc3)nc2c1. The van der Waals surface area contributed by atoms with Crippen molar-refractivity contribution in [3.8, 4) is 22.8 Å². The zero-order valence-corrected chi connectivity index (χ0v) is 14.9. The molecule has 0 bridgehead atoms. The lowest BCUT2D eigenvalue weighted by molar-refractivity contribution is -0.139. The Kier molecular flexibility index (Phi) is 4.64. The molecule has 2 atom stereocenters. The van der Waals surface area contributed by atoms with Crippen LogP contribution >= 0.6 is 0 Å². The molecule has 1 aliphatic heterocycles. The van der Waals surface area contributed by atoms with Gasteiger partial charge in [0.25, 0.3) is 0 Å². The second-order valence-electron chi connectivity index (χ2n) is 6.53. The topological polar surface area (TPSA) is 80.7 Å². The van der Waals surface area contributed by atoms with Crippen molar-refractivity contribution in [3.63, 3.8) is 0 Å².